The van der Waals surface area contributed by atoms with Gasteiger partial charge < -0.3 is 15.0 Å². The molecule has 0 radical (unpaired) electrons. The molecule has 0 atom stereocenters. The topological polar surface area (TPSA) is 70.2 Å². The molecular weight excluding hydrogens is 496 g/mol. The van der Waals surface area contributed by atoms with Crippen LogP contribution in [0.15, 0.2) is 91.1 Å². The number of nitrogens with zero attached hydrogens (tertiary/aromatic N) is 2. The number of amides is 1. The molecule has 1 saturated carbocycles. The molecular formula is C34H36N4O2. The summed E-state index contributed by atoms with van der Waals surface area (Å²) < 4.78 is 6.02. The van der Waals surface area contributed by atoms with Crippen molar-refractivity contribution in [2.24, 2.45) is 5.92 Å². The number of hydrogen-bond acceptors (Lipinski definition) is 4. The molecule has 1 aliphatic heterocycles. The normalized spacial score (nSPS) is 16.1. The van der Waals surface area contributed by atoms with Crippen LogP contribution in [0.5, 0.6) is 5.75 Å². The zero-order valence-corrected chi connectivity index (χ0v) is 22.8. The summed E-state index contributed by atoms with van der Waals surface area (Å²) in [6.45, 7) is 3.69. The monoisotopic (exact) mass is 532 g/mol. The number of likely N-dealkylation sites (tertiary alicyclic amines) is 1. The number of rotatable bonds is 11. The number of aromatic nitrogens is 2. The van der Waals surface area contributed by atoms with Crippen LogP contribution in [0, 0.1) is 5.92 Å². The van der Waals surface area contributed by atoms with Gasteiger partial charge in [0.1, 0.15) is 12.4 Å². The molecule has 3 aromatic carbocycles. The summed E-state index contributed by atoms with van der Waals surface area (Å²) in [5.41, 5.74) is 7.44. The van der Waals surface area contributed by atoms with Crippen molar-refractivity contribution in [3.05, 3.63) is 108 Å². The lowest BCUT2D eigenvalue weighted by Gasteiger charge is -2.31. The molecule has 2 heterocycles. The predicted octanol–water partition coefficient (Wildman–Crippen LogP) is 6.08. The summed E-state index contributed by atoms with van der Waals surface area (Å²) in [5, 5.41) is 11.7. The van der Waals surface area contributed by atoms with Gasteiger partial charge in [0.2, 0.25) is 5.91 Å². The number of hydrogen-bond donors (Lipinski definition) is 2. The van der Waals surface area contributed by atoms with Crippen LogP contribution in [0.3, 0.4) is 0 Å². The molecule has 1 amide bonds. The Labute approximate surface area is 235 Å². The van der Waals surface area contributed by atoms with Crippen LogP contribution in [0.25, 0.3) is 22.0 Å². The average molecular weight is 533 g/mol. The second-order valence-electron chi connectivity index (χ2n) is 10.6. The number of benzene rings is 3. The van der Waals surface area contributed by atoms with Crippen molar-refractivity contribution < 1.29 is 9.53 Å². The molecule has 1 aromatic heterocycles. The quantitative estimate of drug-likeness (QED) is 0.140. The number of ether oxygens (including phenoxy) is 1. The zero-order chi connectivity index (χ0) is 27.1. The van der Waals surface area contributed by atoms with Gasteiger partial charge in [0.05, 0.1) is 11.7 Å². The molecule has 6 rings (SSSR count). The van der Waals surface area contributed by atoms with Gasteiger partial charge >= 0.3 is 0 Å². The highest BCUT2D eigenvalue weighted by Gasteiger charge is 2.27. The molecule has 2 N–H and O–H groups in total. The number of carbonyl (C=O) groups is 1. The molecule has 4 aromatic rings. The van der Waals surface area contributed by atoms with Crippen molar-refractivity contribution in [2.75, 3.05) is 32.8 Å². The summed E-state index contributed by atoms with van der Waals surface area (Å²) in [6, 6.07) is 25.9. The molecule has 1 aliphatic carbocycles. The fourth-order valence-electron chi connectivity index (χ4n) is 5.42. The fourth-order valence-corrected chi connectivity index (χ4v) is 5.42. The van der Waals surface area contributed by atoms with E-state index in [1.54, 1.807) is 6.08 Å². The van der Waals surface area contributed by atoms with Gasteiger partial charge in [0.15, 0.2) is 0 Å². The Hall–Kier alpha value is -4.16. The van der Waals surface area contributed by atoms with Crippen molar-refractivity contribution in [1.29, 1.82) is 0 Å². The van der Waals surface area contributed by atoms with Crippen LogP contribution in [-0.2, 0) is 4.79 Å². The second-order valence-corrected chi connectivity index (χ2v) is 10.6. The fraction of sp³-hybridized carbons (Fsp3) is 0.294. The van der Waals surface area contributed by atoms with Gasteiger partial charge in [-0.15, -0.1) is 0 Å². The van der Waals surface area contributed by atoms with E-state index in [0.717, 1.165) is 36.2 Å². The largest absolute Gasteiger partial charge is 0.492 e. The summed E-state index contributed by atoms with van der Waals surface area (Å²) in [4.78, 5) is 13.7. The van der Waals surface area contributed by atoms with Gasteiger partial charge in [-0.25, -0.2) is 0 Å². The number of aromatic amines is 1. The summed E-state index contributed by atoms with van der Waals surface area (Å²) in [7, 11) is 0. The van der Waals surface area contributed by atoms with E-state index < -0.39 is 0 Å². The van der Waals surface area contributed by atoms with E-state index >= 15 is 0 Å². The van der Waals surface area contributed by atoms with Gasteiger partial charge in [-0.2, -0.15) is 5.10 Å². The van der Waals surface area contributed by atoms with Crippen molar-refractivity contribution >= 4 is 28.0 Å². The molecule has 0 unspecified atom stereocenters. The summed E-state index contributed by atoms with van der Waals surface area (Å²) in [5.74, 6) is 1.51. The Balaban J connectivity index is 1.18. The Bertz CT molecular complexity index is 1500. The molecule has 6 heteroatoms. The third kappa shape index (κ3) is 5.87. The predicted molar refractivity (Wildman–Crippen MR) is 161 cm³/mol. The highest BCUT2D eigenvalue weighted by Crippen LogP contribution is 2.45. The number of H-pyrrole nitrogens is 1. The van der Waals surface area contributed by atoms with E-state index in [-0.39, 0.29) is 5.91 Å². The molecule has 2 fully saturated rings. The lowest BCUT2D eigenvalue weighted by Crippen LogP contribution is -2.41. The minimum Gasteiger partial charge on any atom is -0.492 e. The smallest absolute Gasteiger partial charge is 0.246 e. The molecule has 0 spiro atoms. The van der Waals surface area contributed by atoms with E-state index in [2.05, 4.69) is 88.3 Å². The van der Waals surface area contributed by atoms with Crippen molar-refractivity contribution in [3.8, 4) is 5.75 Å². The summed E-state index contributed by atoms with van der Waals surface area (Å²) in [6.07, 6.45) is 10.3. The van der Waals surface area contributed by atoms with E-state index in [4.69, 9.17) is 4.74 Å². The van der Waals surface area contributed by atoms with Gasteiger partial charge in [0, 0.05) is 37.6 Å². The maximum atomic E-state index is 11.9. The highest BCUT2D eigenvalue weighted by molar-refractivity contribution is 6.01. The Morgan fingerprint density at radius 3 is 2.50 bits per heavy atom. The van der Waals surface area contributed by atoms with Crippen molar-refractivity contribution in [1.82, 2.24) is 20.4 Å². The second kappa shape index (κ2) is 12.3. The van der Waals surface area contributed by atoms with Crippen LogP contribution >= 0.6 is 0 Å². The average Bonchev–Trinajstić information content (AvgIpc) is 3.40. The Kier molecular flexibility index (Phi) is 8.05. The zero-order valence-electron chi connectivity index (χ0n) is 22.8. The van der Waals surface area contributed by atoms with Gasteiger partial charge in [-0.3, -0.25) is 9.89 Å². The standard InChI is InChI=1S/C34H36N4O2/c39-32(38-20-6-21-38)11-5-18-35-19-22-40-30-15-12-27(13-16-30)34(28-14-17-31-29(23-28)24-36-37-31)33(26-9-4-10-26)25-7-2-1-3-8-25/h1-3,5,7-8,11-17,23-24,26,35H,4,6,9-10,18-22H2,(H,36,37). The van der Waals surface area contributed by atoms with Gasteiger partial charge in [0.25, 0.3) is 0 Å². The minimum absolute atomic E-state index is 0.107. The maximum absolute atomic E-state index is 11.9. The minimum atomic E-state index is 0.107. The number of fused-ring (bicyclic) bond motifs is 1. The lowest BCUT2D eigenvalue weighted by atomic mass is 9.73. The third-order valence-electron chi connectivity index (χ3n) is 7.98. The van der Waals surface area contributed by atoms with Crippen LogP contribution in [0.1, 0.15) is 42.4 Å². The number of nitrogens with one attached hydrogen (secondary N) is 2. The van der Waals surface area contributed by atoms with Crippen molar-refractivity contribution in [3.63, 3.8) is 0 Å². The molecule has 0 bridgehead atoms. The van der Waals surface area contributed by atoms with E-state index in [9.17, 15) is 4.79 Å². The molecule has 1 saturated heterocycles. The SMILES string of the molecule is O=C(C=CCNCCOc1ccc(C(=C(c2ccccc2)C2CCC2)c2ccc3[nH]ncc3c2)cc1)N1CCC1. The van der Waals surface area contributed by atoms with E-state index in [1.807, 2.05) is 17.2 Å². The Morgan fingerprint density at radius 1 is 0.975 bits per heavy atom. The first-order chi connectivity index (χ1) is 19.8. The first-order valence-electron chi connectivity index (χ1n) is 14.4. The number of allylic oxidation sites excluding steroid dienone is 1. The van der Waals surface area contributed by atoms with Gasteiger partial charge in [-0.1, -0.05) is 61.0 Å². The molecule has 40 heavy (non-hydrogen) atoms. The molecule has 2 aliphatic rings. The van der Waals surface area contributed by atoms with Crippen LogP contribution in [0.2, 0.25) is 0 Å². The first kappa shape index (κ1) is 26.1. The molecule has 6 nitrogen and oxygen atoms in total. The maximum Gasteiger partial charge on any atom is 0.246 e. The van der Waals surface area contributed by atoms with Crippen LogP contribution in [-0.4, -0.2) is 53.8 Å². The first-order valence-corrected chi connectivity index (χ1v) is 14.4. The third-order valence-corrected chi connectivity index (χ3v) is 7.98. The van der Waals surface area contributed by atoms with E-state index in [0.29, 0.717) is 25.6 Å². The molecule has 204 valence electrons. The summed E-state index contributed by atoms with van der Waals surface area (Å²) >= 11 is 0. The van der Waals surface area contributed by atoms with Gasteiger partial charge in [-0.05, 0) is 77.3 Å². The van der Waals surface area contributed by atoms with E-state index in [1.165, 1.54) is 47.1 Å². The van der Waals surface area contributed by atoms with Crippen LogP contribution in [0.4, 0.5) is 0 Å². The lowest BCUT2D eigenvalue weighted by molar-refractivity contribution is -0.129. The van der Waals surface area contributed by atoms with Crippen molar-refractivity contribution in [2.45, 2.75) is 25.7 Å². The van der Waals surface area contributed by atoms with Crippen LogP contribution < -0.4 is 10.1 Å². The number of carbonyl (C=O) groups excluding carboxylic acids is 1. The highest BCUT2D eigenvalue weighted by atomic mass is 16.5. The Morgan fingerprint density at radius 2 is 1.77 bits per heavy atom.